The molecule has 4 heteroatoms. The van der Waals surface area contributed by atoms with Crippen LogP contribution < -0.4 is 5.32 Å². The number of ether oxygens (including phenoxy) is 1. The molecule has 1 aromatic carbocycles. The molecule has 0 unspecified atom stereocenters. The summed E-state index contributed by atoms with van der Waals surface area (Å²) in [6.07, 6.45) is 5.19. The number of hydrogen-bond donors (Lipinski definition) is 1. The van der Waals surface area contributed by atoms with Gasteiger partial charge in [0.2, 0.25) is 5.91 Å². The van der Waals surface area contributed by atoms with Crippen molar-refractivity contribution >= 4 is 17.6 Å². The molecule has 2 rings (SSSR count). The summed E-state index contributed by atoms with van der Waals surface area (Å²) in [4.78, 5) is 24.9. The van der Waals surface area contributed by atoms with Crippen LogP contribution in [0.2, 0.25) is 0 Å². The first-order chi connectivity index (χ1) is 10.6. The number of aryl methyl sites for hydroxylation is 1. The number of rotatable bonds is 5. The first kappa shape index (κ1) is 16.5. The van der Waals surface area contributed by atoms with Crippen LogP contribution >= 0.6 is 0 Å². The van der Waals surface area contributed by atoms with Gasteiger partial charge in [-0.15, -0.1) is 0 Å². The number of anilines is 1. The summed E-state index contributed by atoms with van der Waals surface area (Å²) >= 11 is 0. The average molecular weight is 303 g/mol. The van der Waals surface area contributed by atoms with Gasteiger partial charge in [-0.05, 0) is 50.3 Å². The summed E-state index contributed by atoms with van der Waals surface area (Å²) in [6, 6.07) is 7.61. The van der Waals surface area contributed by atoms with Crippen LogP contribution in [0.3, 0.4) is 0 Å². The summed E-state index contributed by atoms with van der Waals surface area (Å²) in [7, 11) is 0. The van der Waals surface area contributed by atoms with Crippen LogP contribution in [0.15, 0.2) is 24.3 Å². The molecule has 1 N–H and O–H groups in total. The molecule has 1 aliphatic carbocycles. The maximum Gasteiger partial charge on any atom is 0.318 e. The highest BCUT2D eigenvalue weighted by atomic mass is 16.5. The minimum atomic E-state index is -0.694. The second kappa shape index (κ2) is 7.97. The fourth-order valence-corrected chi connectivity index (χ4v) is 3.16. The van der Waals surface area contributed by atoms with E-state index in [1.807, 2.05) is 31.2 Å². The zero-order valence-corrected chi connectivity index (χ0v) is 13.4. The van der Waals surface area contributed by atoms with Crippen LogP contribution in [0.1, 0.15) is 44.6 Å². The molecule has 1 amide bonds. The van der Waals surface area contributed by atoms with Gasteiger partial charge in [0, 0.05) is 5.69 Å². The Kier molecular flexibility index (Phi) is 5.99. The van der Waals surface area contributed by atoms with Gasteiger partial charge in [-0.3, -0.25) is 9.59 Å². The maximum atomic E-state index is 12.6. The molecule has 1 atom stereocenters. The molecule has 22 heavy (non-hydrogen) atoms. The lowest BCUT2D eigenvalue weighted by Gasteiger charge is -2.28. The molecule has 0 bridgehead atoms. The Labute approximate surface area is 132 Å². The smallest absolute Gasteiger partial charge is 0.318 e. The van der Waals surface area contributed by atoms with Gasteiger partial charge in [0.25, 0.3) is 0 Å². The minimum Gasteiger partial charge on any atom is -0.465 e. The monoisotopic (exact) mass is 303 g/mol. The highest BCUT2D eigenvalue weighted by molar-refractivity contribution is 6.05. The third-order valence-electron chi connectivity index (χ3n) is 4.23. The Morgan fingerprint density at radius 1 is 1.27 bits per heavy atom. The van der Waals surface area contributed by atoms with Gasteiger partial charge in [0.1, 0.15) is 5.92 Å². The predicted octanol–water partition coefficient (Wildman–Crippen LogP) is 3.69. The Morgan fingerprint density at radius 3 is 2.64 bits per heavy atom. The van der Waals surface area contributed by atoms with E-state index < -0.39 is 5.92 Å². The highest BCUT2D eigenvalue weighted by Crippen LogP contribution is 2.31. The molecular formula is C18H25NO3. The fourth-order valence-electron chi connectivity index (χ4n) is 3.16. The lowest BCUT2D eigenvalue weighted by Crippen LogP contribution is -2.37. The van der Waals surface area contributed by atoms with E-state index in [0.717, 1.165) is 36.9 Å². The van der Waals surface area contributed by atoms with Crippen LogP contribution in [0.4, 0.5) is 5.69 Å². The summed E-state index contributed by atoms with van der Waals surface area (Å²) < 4.78 is 5.14. The standard InChI is InChI=1S/C18H25NO3/c1-3-22-18(21)16(14-9-5-4-6-10-14)17(20)19-15-11-7-8-13(2)12-15/h7-8,11-12,14,16H,3-6,9-10H2,1-2H3,(H,19,20)/t16-/m1/s1. The van der Waals surface area contributed by atoms with Crippen LogP contribution in [0, 0.1) is 18.8 Å². The Balaban J connectivity index is 2.12. The number of hydrogen-bond acceptors (Lipinski definition) is 3. The predicted molar refractivity (Wildman–Crippen MR) is 86.5 cm³/mol. The Morgan fingerprint density at radius 2 is 2.00 bits per heavy atom. The van der Waals surface area contributed by atoms with E-state index in [1.54, 1.807) is 6.92 Å². The van der Waals surface area contributed by atoms with Crippen molar-refractivity contribution in [3.63, 3.8) is 0 Å². The molecule has 4 nitrogen and oxygen atoms in total. The Bertz CT molecular complexity index is 521. The first-order valence-corrected chi connectivity index (χ1v) is 8.16. The van der Waals surface area contributed by atoms with E-state index in [2.05, 4.69) is 5.32 Å². The number of nitrogens with one attached hydrogen (secondary N) is 1. The van der Waals surface area contributed by atoms with Crippen LogP contribution in [-0.2, 0) is 14.3 Å². The number of carbonyl (C=O) groups is 2. The van der Waals surface area contributed by atoms with Gasteiger partial charge >= 0.3 is 5.97 Å². The SMILES string of the molecule is CCOC(=O)[C@@H](C(=O)Nc1cccc(C)c1)C1CCCCC1. The van der Waals surface area contributed by atoms with Crippen molar-refractivity contribution in [3.05, 3.63) is 29.8 Å². The number of carbonyl (C=O) groups excluding carboxylic acids is 2. The lowest BCUT2D eigenvalue weighted by molar-refractivity contribution is -0.153. The van der Waals surface area contributed by atoms with E-state index in [9.17, 15) is 9.59 Å². The van der Waals surface area contributed by atoms with Gasteiger partial charge in [0.05, 0.1) is 6.61 Å². The van der Waals surface area contributed by atoms with E-state index in [4.69, 9.17) is 4.74 Å². The van der Waals surface area contributed by atoms with E-state index in [1.165, 1.54) is 6.42 Å². The zero-order chi connectivity index (χ0) is 15.9. The van der Waals surface area contributed by atoms with E-state index >= 15 is 0 Å². The third-order valence-corrected chi connectivity index (χ3v) is 4.23. The molecule has 0 radical (unpaired) electrons. The Hall–Kier alpha value is -1.84. The van der Waals surface area contributed by atoms with Crippen molar-refractivity contribution in [2.45, 2.75) is 46.0 Å². The molecule has 0 aliphatic heterocycles. The van der Waals surface area contributed by atoms with Crippen molar-refractivity contribution in [1.82, 2.24) is 0 Å². The number of amides is 1. The zero-order valence-electron chi connectivity index (χ0n) is 13.4. The van der Waals surface area contributed by atoms with Gasteiger partial charge < -0.3 is 10.1 Å². The molecule has 0 heterocycles. The summed E-state index contributed by atoms with van der Waals surface area (Å²) in [5.74, 6) is -1.23. The normalized spacial score (nSPS) is 16.8. The van der Waals surface area contributed by atoms with Crippen molar-refractivity contribution in [1.29, 1.82) is 0 Å². The van der Waals surface area contributed by atoms with Crippen molar-refractivity contribution in [2.24, 2.45) is 11.8 Å². The van der Waals surface area contributed by atoms with Gasteiger partial charge in [-0.1, -0.05) is 31.4 Å². The number of benzene rings is 1. The van der Waals surface area contributed by atoms with Crippen molar-refractivity contribution in [3.8, 4) is 0 Å². The van der Waals surface area contributed by atoms with Crippen molar-refractivity contribution in [2.75, 3.05) is 11.9 Å². The largest absolute Gasteiger partial charge is 0.465 e. The molecule has 1 saturated carbocycles. The van der Waals surface area contributed by atoms with Gasteiger partial charge in [-0.2, -0.15) is 0 Å². The molecule has 1 fully saturated rings. The molecular weight excluding hydrogens is 278 g/mol. The molecule has 0 spiro atoms. The van der Waals surface area contributed by atoms with Crippen molar-refractivity contribution < 1.29 is 14.3 Å². The fraction of sp³-hybridized carbons (Fsp3) is 0.556. The quantitative estimate of drug-likeness (QED) is 0.666. The summed E-state index contributed by atoms with van der Waals surface area (Å²) in [5, 5.41) is 2.88. The lowest BCUT2D eigenvalue weighted by atomic mass is 9.79. The van der Waals surface area contributed by atoms with Gasteiger partial charge in [0.15, 0.2) is 0 Å². The molecule has 120 valence electrons. The molecule has 1 aliphatic rings. The second-order valence-corrected chi connectivity index (χ2v) is 5.99. The van der Waals surface area contributed by atoms with E-state index in [0.29, 0.717) is 6.61 Å². The van der Waals surface area contributed by atoms with Crippen LogP contribution in [0.5, 0.6) is 0 Å². The number of esters is 1. The maximum absolute atomic E-state index is 12.6. The molecule has 1 aromatic rings. The minimum absolute atomic E-state index is 0.0950. The molecule has 0 aromatic heterocycles. The topological polar surface area (TPSA) is 55.4 Å². The van der Waals surface area contributed by atoms with Crippen LogP contribution in [-0.4, -0.2) is 18.5 Å². The third kappa shape index (κ3) is 4.33. The van der Waals surface area contributed by atoms with Gasteiger partial charge in [-0.25, -0.2) is 0 Å². The van der Waals surface area contributed by atoms with Crippen LogP contribution in [0.25, 0.3) is 0 Å². The van der Waals surface area contributed by atoms with E-state index in [-0.39, 0.29) is 17.8 Å². The average Bonchev–Trinajstić information content (AvgIpc) is 2.49. The first-order valence-electron chi connectivity index (χ1n) is 8.16. The summed E-state index contributed by atoms with van der Waals surface area (Å²) in [5.41, 5.74) is 1.80. The highest BCUT2D eigenvalue weighted by Gasteiger charge is 2.36. The molecule has 0 saturated heterocycles. The second-order valence-electron chi connectivity index (χ2n) is 5.99. The summed E-state index contributed by atoms with van der Waals surface area (Å²) in [6.45, 7) is 4.05.